The lowest BCUT2D eigenvalue weighted by molar-refractivity contribution is 0.233. The van der Waals surface area contributed by atoms with E-state index in [1.807, 2.05) is 0 Å². The molecule has 0 saturated heterocycles. The van der Waals surface area contributed by atoms with Crippen molar-refractivity contribution in [1.29, 1.82) is 0 Å². The largest absolute Gasteiger partial charge is 0.387 e. The fourth-order valence-corrected chi connectivity index (χ4v) is 2.01. The minimum absolute atomic E-state index is 0.683. The van der Waals surface area contributed by atoms with Crippen molar-refractivity contribution in [1.82, 2.24) is 10.2 Å². The van der Waals surface area contributed by atoms with E-state index < -0.39 is 0 Å². The summed E-state index contributed by atoms with van der Waals surface area (Å²) < 4.78 is 0. The Morgan fingerprint density at radius 2 is 2.07 bits per heavy atom. The smallest absolute Gasteiger partial charge is 0.0300 e. The highest BCUT2D eigenvalue weighted by atomic mass is 15.2. The number of hydrogen-bond acceptors (Lipinski definition) is 2. The second-order valence-electron chi connectivity index (χ2n) is 4.98. The molecule has 0 saturated carbocycles. The van der Waals surface area contributed by atoms with Crippen LogP contribution in [0.15, 0.2) is 11.3 Å². The van der Waals surface area contributed by atoms with Crippen LogP contribution in [0, 0.1) is 5.92 Å². The monoisotopic (exact) mass is 196 g/mol. The van der Waals surface area contributed by atoms with E-state index in [1.54, 1.807) is 0 Å². The summed E-state index contributed by atoms with van der Waals surface area (Å²) in [4.78, 5) is 2.47. The molecule has 2 nitrogen and oxygen atoms in total. The van der Waals surface area contributed by atoms with Gasteiger partial charge < -0.3 is 5.32 Å². The lowest BCUT2D eigenvalue weighted by Gasteiger charge is -2.27. The number of allylic oxidation sites excluding steroid dienone is 1. The van der Waals surface area contributed by atoms with E-state index in [0.717, 1.165) is 19.0 Å². The third kappa shape index (κ3) is 3.02. The fraction of sp³-hybridized carbons (Fsp3) is 0.833. The summed E-state index contributed by atoms with van der Waals surface area (Å²) in [7, 11) is 2.23. The average molecular weight is 196 g/mol. The van der Waals surface area contributed by atoms with Crippen LogP contribution in [0.2, 0.25) is 0 Å². The molecule has 2 heteroatoms. The first kappa shape index (κ1) is 11.6. The number of hydrogen-bond donors (Lipinski definition) is 1. The Kier molecular flexibility index (Phi) is 3.99. The Morgan fingerprint density at radius 3 is 2.64 bits per heavy atom. The van der Waals surface area contributed by atoms with Gasteiger partial charge in [0, 0.05) is 24.8 Å². The summed E-state index contributed by atoms with van der Waals surface area (Å²) in [5, 5.41) is 3.52. The molecule has 0 unspecified atom stereocenters. The summed E-state index contributed by atoms with van der Waals surface area (Å²) in [6.45, 7) is 11.2. The molecule has 1 aliphatic rings. The van der Waals surface area contributed by atoms with Crippen molar-refractivity contribution < 1.29 is 0 Å². The molecule has 1 aliphatic heterocycles. The maximum atomic E-state index is 3.52. The zero-order valence-corrected chi connectivity index (χ0v) is 10.2. The summed E-state index contributed by atoms with van der Waals surface area (Å²) in [5.41, 5.74) is 2.84. The number of nitrogens with one attached hydrogen (secondary N) is 1. The van der Waals surface area contributed by atoms with Gasteiger partial charge in [-0.3, -0.25) is 4.90 Å². The molecule has 1 rings (SSSR count). The number of likely N-dealkylation sites (N-methyl/N-ethyl adjacent to an activating group) is 1. The van der Waals surface area contributed by atoms with Crippen LogP contribution in [0.25, 0.3) is 0 Å². The lowest BCUT2D eigenvalue weighted by atomic mass is 10.0. The molecule has 0 aromatic rings. The van der Waals surface area contributed by atoms with Crippen LogP contribution in [0.4, 0.5) is 0 Å². The van der Waals surface area contributed by atoms with Crippen LogP contribution in [-0.2, 0) is 0 Å². The quantitative estimate of drug-likeness (QED) is 0.728. The Bertz CT molecular complexity index is 218. The predicted octanol–water partition coefficient (Wildman–Crippen LogP) is 2.23. The normalized spacial score (nSPS) is 25.1. The Morgan fingerprint density at radius 1 is 1.43 bits per heavy atom. The van der Waals surface area contributed by atoms with E-state index in [4.69, 9.17) is 0 Å². The van der Waals surface area contributed by atoms with Crippen LogP contribution >= 0.6 is 0 Å². The van der Waals surface area contributed by atoms with Crippen LogP contribution in [0.1, 0.15) is 34.1 Å². The Balaban J connectivity index is 2.59. The van der Waals surface area contributed by atoms with Gasteiger partial charge in [0.1, 0.15) is 0 Å². The van der Waals surface area contributed by atoms with Crippen molar-refractivity contribution in [2.45, 2.75) is 40.2 Å². The third-order valence-electron chi connectivity index (χ3n) is 3.10. The highest BCUT2D eigenvalue weighted by Gasteiger charge is 2.19. The predicted molar refractivity (Wildman–Crippen MR) is 62.2 cm³/mol. The van der Waals surface area contributed by atoms with Gasteiger partial charge in [-0.15, -0.1) is 0 Å². The molecule has 0 aromatic carbocycles. The molecule has 0 aromatic heterocycles. The Hall–Kier alpha value is -0.500. The van der Waals surface area contributed by atoms with Gasteiger partial charge in [0.2, 0.25) is 0 Å². The van der Waals surface area contributed by atoms with Crippen LogP contribution in [-0.4, -0.2) is 31.1 Å². The first-order chi connectivity index (χ1) is 6.50. The topological polar surface area (TPSA) is 15.3 Å². The molecule has 0 aliphatic carbocycles. The average Bonchev–Trinajstić information content (AvgIpc) is 2.18. The minimum atomic E-state index is 0.683. The standard InChI is InChI=1S/C12H24N2/c1-9(2)6-12-7-13-11(4)10(3)8-14(12)5/h9,12-13H,6-8H2,1-5H3/t12-/m1/s1. The van der Waals surface area contributed by atoms with Gasteiger partial charge in [-0.2, -0.15) is 0 Å². The molecule has 0 radical (unpaired) electrons. The van der Waals surface area contributed by atoms with Crippen molar-refractivity contribution in [3.63, 3.8) is 0 Å². The van der Waals surface area contributed by atoms with Crippen molar-refractivity contribution in [2.24, 2.45) is 5.92 Å². The molecule has 0 fully saturated rings. The van der Waals surface area contributed by atoms with Gasteiger partial charge in [0.25, 0.3) is 0 Å². The Labute approximate surface area is 88.4 Å². The summed E-state index contributed by atoms with van der Waals surface area (Å²) in [5.74, 6) is 0.781. The highest BCUT2D eigenvalue weighted by molar-refractivity contribution is 5.12. The number of nitrogens with zero attached hydrogens (tertiary/aromatic N) is 1. The first-order valence-electron chi connectivity index (χ1n) is 5.61. The molecule has 1 heterocycles. The molecular weight excluding hydrogens is 172 g/mol. The van der Waals surface area contributed by atoms with Crippen molar-refractivity contribution in [3.8, 4) is 0 Å². The van der Waals surface area contributed by atoms with Crippen molar-refractivity contribution >= 4 is 0 Å². The number of rotatable bonds is 2. The fourth-order valence-electron chi connectivity index (χ4n) is 2.01. The van der Waals surface area contributed by atoms with E-state index >= 15 is 0 Å². The van der Waals surface area contributed by atoms with Gasteiger partial charge in [-0.25, -0.2) is 0 Å². The van der Waals surface area contributed by atoms with E-state index in [2.05, 4.69) is 45.0 Å². The van der Waals surface area contributed by atoms with Gasteiger partial charge in [0.05, 0.1) is 0 Å². The molecule has 0 spiro atoms. The van der Waals surface area contributed by atoms with Crippen molar-refractivity contribution in [3.05, 3.63) is 11.3 Å². The summed E-state index contributed by atoms with van der Waals surface area (Å²) >= 11 is 0. The van der Waals surface area contributed by atoms with Gasteiger partial charge in [0.15, 0.2) is 0 Å². The third-order valence-corrected chi connectivity index (χ3v) is 3.10. The van der Waals surface area contributed by atoms with E-state index in [9.17, 15) is 0 Å². The lowest BCUT2D eigenvalue weighted by Crippen LogP contribution is -2.38. The SMILES string of the molecule is CC1=C(C)NC[C@@H](CC(C)C)N(C)C1. The second kappa shape index (κ2) is 4.83. The van der Waals surface area contributed by atoms with Gasteiger partial charge in [-0.05, 0) is 38.8 Å². The molecule has 0 bridgehead atoms. The van der Waals surface area contributed by atoms with E-state index in [1.165, 1.54) is 17.7 Å². The summed E-state index contributed by atoms with van der Waals surface area (Å²) in [6, 6.07) is 0.683. The zero-order chi connectivity index (χ0) is 10.7. The maximum absolute atomic E-state index is 3.52. The highest BCUT2D eigenvalue weighted by Crippen LogP contribution is 2.15. The van der Waals surface area contributed by atoms with Crippen LogP contribution in [0.3, 0.4) is 0 Å². The summed E-state index contributed by atoms with van der Waals surface area (Å²) in [6.07, 6.45) is 1.28. The second-order valence-corrected chi connectivity index (χ2v) is 4.98. The molecule has 0 amide bonds. The van der Waals surface area contributed by atoms with Crippen molar-refractivity contribution in [2.75, 3.05) is 20.1 Å². The molecular formula is C12H24N2. The van der Waals surface area contributed by atoms with Gasteiger partial charge in [-0.1, -0.05) is 13.8 Å². The first-order valence-corrected chi connectivity index (χ1v) is 5.61. The molecule has 1 N–H and O–H groups in total. The minimum Gasteiger partial charge on any atom is -0.387 e. The van der Waals surface area contributed by atoms with E-state index in [0.29, 0.717) is 6.04 Å². The zero-order valence-electron chi connectivity index (χ0n) is 10.2. The molecule has 1 atom stereocenters. The van der Waals surface area contributed by atoms with Crippen LogP contribution < -0.4 is 5.32 Å². The molecule has 82 valence electrons. The van der Waals surface area contributed by atoms with E-state index in [-0.39, 0.29) is 0 Å². The van der Waals surface area contributed by atoms with Gasteiger partial charge >= 0.3 is 0 Å². The molecule has 14 heavy (non-hydrogen) atoms. The maximum Gasteiger partial charge on any atom is 0.0300 e. The van der Waals surface area contributed by atoms with Crippen LogP contribution in [0.5, 0.6) is 0 Å².